The number of carboxylic acids is 1. The van der Waals surface area contributed by atoms with Crippen molar-refractivity contribution in [2.45, 2.75) is 32.1 Å². The molecule has 0 radical (unpaired) electrons. The van der Waals surface area contributed by atoms with E-state index < -0.39 is 5.97 Å². The predicted octanol–water partition coefficient (Wildman–Crippen LogP) is 0.124. The molecule has 114 valence electrons. The van der Waals surface area contributed by atoms with E-state index in [1.165, 1.54) is 0 Å². The average molecular weight is 283 g/mol. The molecule has 0 atom stereocenters. The van der Waals surface area contributed by atoms with Crippen molar-refractivity contribution in [3.8, 4) is 0 Å². The third kappa shape index (κ3) is 3.30. The van der Waals surface area contributed by atoms with Gasteiger partial charge in [0, 0.05) is 39.3 Å². The summed E-state index contributed by atoms with van der Waals surface area (Å²) in [5, 5.41) is 8.69. The van der Waals surface area contributed by atoms with Crippen LogP contribution in [-0.2, 0) is 9.59 Å². The van der Waals surface area contributed by atoms with E-state index in [4.69, 9.17) is 10.8 Å². The molecule has 0 bridgehead atoms. The number of amides is 1. The Labute approximate surface area is 119 Å². The van der Waals surface area contributed by atoms with Crippen LogP contribution in [0.5, 0.6) is 0 Å². The summed E-state index contributed by atoms with van der Waals surface area (Å²) in [5.74, 6) is -0.549. The molecule has 6 nitrogen and oxygen atoms in total. The normalized spacial score (nSPS) is 22.9. The molecule has 1 saturated carbocycles. The van der Waals surface area contributed by atoms with E-state index in [0.717, 1.165) is 38.8 Å². The van der Waals surface area contributed by atoms with Crippen LogP contribution in [0.25, 0.3) is 0 Å². The minimum Gasteiger partial charge on any atom is -0.481 e. The summed E-state index contributed by atoms with van der Waals surface area (Å²) >= 11 is 0. The topological polar surface area (TPSA) is 86.9 Å². The standard InChI is InChI=1S/C14H25N3O3/c15-11-14(4-1-2-5-14)13(20)17-9-7-16(8-10-17)6-3-12(18)19/h1-11,15H2,(H,18,19). The first-order chi connectivity index (χ1) is 9.57. The first-order valence-electron chi connectivity index (χ1n) is 7.51. The number of carboxylic acid groups (broad SMARTS) is 1. The van der Waals surface area contributed by atoms with E-state index in [1.54, 1.807) is 0 Å². The number of carbonyl (C=O) groups excluding carboxylic acids is 1. The van der Waals surface area contributed by atoms with E-state index in [0.29, 0.717) is 26.2 Å². The first kappa shape index (κ1) is 15.3. The van der Waals surface area contributed by atoms with E-state index >= 15 is 0 Å². The van der Waals surface area contributed by atoms with Gasteiger partial charge in [-0.05, 0) is 12.8 Å². The maximum absolute atomic E-state index is 12.7. The number of rotatable bonds is 5. The number of piperazine rings is 1. The molecule has 6 heteroatoms. The Morgan fingerprint density at radius 1 is 1.10 bits per heavy atom. The molecule has 0 unspecified atom stereocenters. The summed E-state index contributed by atoms with van der Waals surface area (Å²) in [6.07, 6.45) is 4.20. The largest absolute Gasteiger partial charge is 0.481 e. The molecule has 2 rings (SSSR count). The van der Waals surface area contributed by atoms with Gasteiger partial charge < -0.3 is 15.7 Å². The predicted molar refractivity (Wildman–Crippen MR) is 75.2 cm³/mol. The van der Waals surface area contributed by atoms with Crippen molar-refractivity contribution >= 4 is 11.9 Å². The minimum atomic E-state index is -0.767. The monoisotopic (exact) mass is 283 g/mol. The van der Waals surface area contributed by atoms with Crippen LogP contribution in [-0.4, -0.2) is 66.1 Å². The van der Waals surface area contributed by atoms with Crippen molar-refractivity contribution < 1.29 is 14.7 Å². The average Bonchev–Trinajstić information content (AvgIpc) is 2.95. The van der Waals surface area contributed by atoms with E-state index in [2.05, 4.69) is 4.90 Å². The zero-order chi connectivity index (χ0) is 14.6. The van der Waals surface area contributed by atoms with Gasteiger partial charge in [-0.3, -0.25) is 14.5 Å². The highest BCUT2D eigenvalue weighted by Crippen LogP contribution is 2.38. The zero-order valence-electron chi connectivity index (χ0n) is 12.0. The van der Waals surface area contributed by atoms with Gasteiger partial charge >= 0.3 is 5.97 Å². The minimum absolute atomic E-state index is 0.167. The summed E-state index contributed by atoms with van der Waals surface area (Å²) in [5.41, 5.74) is 5.55. The van der Waals surface area contributed by atoms with Gasteiger partial charge in [-0.2, -0.15) is 0 Å². The Morgan fingerprint density at radius 2 is 1.70 bits per heavy atom. The lowest BCUT2D eigenvalue weighted by Gasteiger charge is -2.39. The molecule has 1 amide bonds. The highest BCUT2D eigenvalue weighted by molar-refractivity contribution is 5.83. The first-order valence-corrected chi connectivity index (χ1v) is 7.51. The van der Waals surface area contributed by atoms with Crippen LogP contribution in [0.1, 0.15) is 32.1 Å². The van der Waals surface area contributed by atoms with E-state index in [1.807, 2.05) is 4.90 Å². The van der Waals surface area contributed by atoms with Gasteiger partial charge in [0.05, 0.1) is 11.8 Å². The molecule has 1 aliphatic carbocycles. The molecule has 0 spiro atoms. The van der Waals surface area contributed by atoms with Crippen molar-refractivity contribution in [2.75, 3.05) is 39.3 Å². The molecule has 0 aromatic heterocycles. The smallest absolute Gasteiger partial charge is 0.304 e. The molecule has 1 saturated heterocycles. The molecular weight excluding hydrogens is 258 g/mol. The molecular formula is C14H25N3O3. The van der Waals surface area contributed by atoms with Gasteiger partial charge in [0.1, 0.15) is 0 Å². The Balaban J connectivity index is 1.84. The Kier molecular flexibility index (Phi) is 4.99. The quantitative estimate of drug-likeness (QED) is 0.748. The Hall–Kier alpha value is -1.14. The number of nitrogens with zero attached hydrogens (tertiary/aromatic N) is 2. The zero-order valence-corrected chi connectivity index (χ0v) is 12.0. The fourth-order valence-corrected chi connectivity index (χ4v) is 3.32. The van der Waals surface area contributed by atoms with Gasteiger partial charge in [-0.25, -0.2) is 0 Å². The highest BCUT2D eigenvalue weighted by atomic mass is 16.4. The van der Waals surface area contributed by atoms with Crippen LogP contribution in [0.2, 0.25) is 0 Å². The molecule has 3 N–H and O–H groups in total. The number of hydrogen-bond acceptors (Lipinski definition) is 4. The van der Waals surface area contributed by atoms with Crippen LogP contribution in [0.15, 0.2) is 0 Å². The van der Waals surface area contributed by atoms with Crippen molar-refractivity contribution in [2.24, 2.45) is 11.1 Å². The third-order valence-electron chi connectivity index (χ3n) is 4.71. The molecule has 2 aliphatic rings. The van der Waals surface area contributed by atoms with Crippen molar-refractivity contribution in [1.29, 1.82) is 0 Å². The molecule has 0 aromatic carbocycles. The van der Waals surface area contributed by atoms with Gasteiger partial charge in [0.25, 0.3) is 0 Å². The highest BCUT2D eigenvalue weighted by Gasteiger charge is 2.42. The SMILES string of the molecule is NCC1(C(=O)N2CCN(CCC(=O)O)CC2)CCCC1. The Bertz CT molecular complexity index is 359. The second-order valence-electron chi connectivity index (χ2n) is 5.97. The molecule has 0 aromatic rings. The molecule has 20 heavy (non-hydrogen) atoms. The number of hydrogen-bond donors (Lipinski definition) is 2. The van der Waals surface area contributed by atoms with Gasteiger partial charge in [0.15, 0.2) is 0 Å². The summed E-state index contributed by atoms with van der Waals surface area (Å²) < 4.78 is 0. The fourth-order valence-electron chi connectivity index (χ4n) is 3.32. The van der Waals surface area contributed by atoms with Crippen LogP contribution in [0.3, 0.4) is 0 Å². The number of carbonyl (C=O) groups is 2. The van der Waals surface area contributed by atoms with Crippen LogP contribution in [0, 0.1) is 5.41 Å². The summed E-state index contributed by atoms with van der Waals surface area (Å²) in [7, 11) is 0. The number of aliphatic carboxylic acids is 1. The second kappa shape index (κ2) is 6.54. The molecule has 1 aliphatic heterocycles. The summed E-state index contributed by atoms with van der Waals surface area (Å²) in [6.45, 7) is 3.93. The fraction of sp³-hybridized carbons (Fsp3) is 0.857. The summed E-state index contributed by atoms with van der Waals surface area (Å²) in [4.78, 5) is 27.3. The van der Waals surface area contributed by atoms with E-state index in [9.17, 15) is 9.59 Å². The third-order valence-corrected chi connectivity index (χ3v) is 4.71. The number of nitrogens with two attached hydrogens (primary N) is 1. The van der Waals surface area contributed by atoms with Crippen molar-refractivity contribution in [3.05, 3.63) is 0 Å². The maximum Gasteiger partial charge on any atom is 0.304 e. The lowest BCUT2D eigenvalue weighted by Crippen LogP contribution is -2.54. The summed E-state index contributed by atoms with van der Waals surface area (Å²) in [6, 6.07) is 0. The maximum atomic E-state index is 12.7. The lowest BCUT2D eigenvalue weighted by atomic mass is 9.84. The second-order valence-corrected chi connectivity index (χ2v) is 5.97. The van der Waals surface area contributed by atoms with Crippen molar-refractivity contribution in [1.82, 2.24) is 9.80 Å². The van der Waals surface area contributed by atoms with E-state index in [-0.39, 0.29) is 17.7 Å². The van der Waals surface area contributed by atoms with Crippen LogP contribution < -0.4 is 5.73 Å². The van der Waals surface area contributed by atoms with Gasteiger partial charge in [-0.1, -0.05) is 12.8 Å². The van der Waals surface area contributed by atoms with Crippen molar-refractivity contribution in [3.63, 3.8) is 0 Å². The molecule has 2 fully saturated rings. The van der Waals surface area contributed by atoms with Gasteiger partial charge in [0.2, 0.25) is 5.91 Å². The Morgan fingerprint density at radius 3 is 2.20 bits per heavy atom. The van der Waals surface area contributed by atoms with Crippen LogP contribution in [0.4, 0.5) is 0 Å². The lowest BCUT2D eigenvalue weighted by molar-refractivity contribution is -0.144. The van der Waals surface area contributed by atoms with Crippen LogP contribution >= 0.6 is 0 Å². The van der Waals surface area contributed by atoms with Gasteiger partial charge in [-0.15, -0.1) is 0 Å². The molecule has 1 heterocycles.